The third-order valence-electron chi connectivity index (χ3n) is 5.87. The molecule has 1 aliphatic rings. The first-order valence-electron chi connectivity index (χ1n) is 10.6. The van der Waals surface area contributed by atoms with Gasteiger partial charge in [0.05, 0.1) is 17.8 Å². The Morgan fingerprint density at radius 2 is 1.53 bits per heavy atom. The van der Waals surface area contributed by atoms with Crippen LogP contribution < -0.4 is 4.90 Å². The van der Waals surface area contributed by atoms with Gasteiger partial charge in [0.2, 0.25) is 5.91 Å². The second-order valence-electron chi connectivity index (χ2n) is 7.92. The van der Waals surface area contributed by atoms with Gasteiger partial charge in [-0.2, -0.15) is 0 Å². The molecule has 170 valence electrons. The molecule has 0 unspecified atom stereocenters. The first-order valence-corrected chi connectivity index (χ1v) is 12.0. The third kappa shape index (κ3) is 3.58. The van der Waals surface area contributed by atoms with Gasteiger partial charge in [-0.05, 0) is 29.7 Å². The van der Waals surface area contributed by atoms with E-state index in [1.807, 2.05) is 30.3 Å². The van der Waals surface area contributed by atoms with Crippen LogP contribution in [0.25, 0.3) is 10.8 Å². The predicted molar refractivity (Wildman–Crippen MR) is 128 cm³/mol. The Bertz CT molecular complexity index is 1540. The highest BCUT2D eigenvalue weighted by Gasteiger charge is 2.42. The number of para-hydroxylation sites is 1. The summed E-state index contributed by atoms with van der Waals surface area (Å²) < 4.78 is 26.6. The molecule has 0 aromatic heterocycles. The Hall–Kier alpha value is -4.17. The lowest BCUT2D eigenvalue weighted by Gasteiger charge is -2.27. The number of nitrogens with zero attached hydrogens (tertiary/aromatic N) is 2. The average Bonchev–Trinajstić information content (AvgIpc) is 3.04. The maximum absolute atomic E-state index is 13.6. The fraction of sp³-hybridized carbons (Fsp3) is 0.0769. The number of hydrogen-bond acceptors (Lipinski definition) is 5. The van der Waals surface area contributed by atoms with Crippen LogP contribution in [0, 0.1) is 0 Å². The van der Waals surface area contributed by atoms with Crippen molar-refractivity contribution in [1.29, 1.82) is 0 Å². The van der Waals surface area contributed by atoms with Crippen LogP contribution in [0.1, 0.15) is 15.9 Å². The van der Waals surface area contributed by atoms with E-state index in [0.717, 1.165) is 10.8 Å². The van der Waals surface area contributed by atoms with E-state index >= 15 is 0 Å². The molecule has 8 heteroatoms. The predicted octanol–water partition coefficient (Wildman–Crippen LogP) is 3.92. The molecule has 4 aromatic carbocycles. The lowest BCUT2D eigenvalue weighted by atomic mass is 10.1. The molecule has 0 spiro atoms. The summed E-state index contributed by atoms with van der Waals surface area (Å²) in [5.41, 5.74) is 1.09. The van der Waals surface area contributed by atoms with Crippen LogP contribution in [0.15, 0.2) is 95.9 Å². The molecule has 0 saturated carbocycles. The third-order valence-corrected chi connectivity index (χ3v) is 7.66. The Balaban J connectivity index is 1.56. The molecule has 7 nitrogen and oxygen atoms in total. The SMILES string of the molecule is O=C(CN1C(=O)c2ccccc2S1(=O)=O)N(Cc1ccccc1O)c1cccc2ccccc12. The number of phenols is 1. The van der Waals surface area contributed by atoms with Crippen LogP contribution in [0.3, 0.4) is 0 Å². The van der Waals surface area contributed by atoms with Crippen molar-refractivity contribution in [2.75, 3.05) is 11.4 Å². The largest absolute Gasteiger partial charge is 0.508 e. The van der Waals surface area contributed by atoms with Crippen molar-refractivity contribution in [2.24, 2.45) is 0 Å². The first kappa shape index (κ1) is 21.7. The number of aromatic hydroxyl groups is 1. The van der Waals surface area contributed by atoms with Gasteiger partial charge in [-0.1, -0.05) is 66.7 Å². The molecule has 0 fully saturated rings. The number of amides is 2. The fourth-order valence-electron chi connectivity index (χ4n) is 4.16. The molecule has 4 aromatic rings. The van der Waals surface area contributed by atoms with Gasteiger partial charge in [-0.15, -0.1) is 0 Å². The Morgan fingerprint density at radius 1 is 0.853 bits per heavy atom. The van der Waals surface area contributed by atoms with Crippen molar-refractivity contribution in [1.82, 2.24) is 4.31 Å². The number of phenolic OH excluding ortho intramolecular Hbond substituents is 1. The van der Waals surface area contributed by atoms with E-state index in [0.29, 0.717) is 15.6 Å². The van der Waals surface area contributed by atoms with Gasteiger partial charge in [0.15, 0.2) is 0 Å². The fourth-order valence-corrected chi connectivity index (χ4v) is 5.68. The van der Waals surface area contributed by atoms with Gasteiger partial charge in [-0.3, -0.25) is 9.59 Å². The molecule has 2 amide bonds. The molecule has 1 heterocycles. The van der Waals surface area contributed by atoms with Gasteiger partial charge < -0.3 is 10.0 Å². The minimum Gasteiger partial charge on any atom is -0.508 e. The van der Waals surface area contributed by atoms with E-state index in [1.165, 1.54) is 29.2 Å². The molecule has 0 saturated heterocycles. The summed E-state index contributed by atoms with van der Waals surface area (Å²) in [6.45, 7) is -0.665. The number of sulfonamides is 1. The lowest BCUT2D eigenvalue weighted by Crippen LogP contribution is -2.42. The summed E-state index contributed by atoms with van der Waals surface area (Å²) in [5.74, 6) is -1.31. The standard InChI is InChI=1S/C26H20N2O5S/c29-23-14-5-2-9-19(23)16-27(22-13-7-10-18-8-1-3-11-20(18)22)25(30)17-28-26(31)21-12-4-6-15-24(21)34(28,32)33/h1-15,29H,16-17H2. The van der Waals surface area contributed by atoms with E-state index in [1.54, 1.807) is 36.4 Å². The van der Waals surface area contributed by atoms with Crippen LogP contribution in [0.4, 0.5) is 5.69 Å². The van der Waals surface area contributed by atoms with Crippen LogP contribution in [-0.2, 0) is 21.4 Å². The summed E-state index contributed by atoms with van der Waals surface area (Å²) in [6, 6.07) is 25.5. The van der Waals surface area contributed by atoms with E-state index in [4.69, 9.17) is 0 Å². The molecule has 0 bridgehead atoms. The molecular weight excluding hydrogens is 452 g/mol. The number of anilines is 1. The van der Waals surface area contributed by atoms with Crippen molar-refractivity contribution >= 4 is 38.3 Å². The molecule has 0 atom stereocenters. The van der Waals surface area contributed by atoms with E-state index < -0.39 is 28.4 Å². The lowest BCUT2D eigenvalue weighted by molar-refractivity contribution is -0.118. The van der Waals surface area contributed by atoms with Gasteiger partial charge in [-0.25, -0.2) is 12.7 Å². The summed E-state index contributed by atoms with van der Waals surface area (Å²) in [6.07, 6.45) is 0. The normalized spacial score (nSPS) is 14.2. The molecule has 0 radical (unpaired) electrons. The van der Waals surface area contributed by atoms with Crippen molar-refractivity contribution in [2.45, 2.75) is 11.4 Å². The summed E-state index contributed by atoms with van der Waals surface area (Å²) >= 11 is 0. The Morgan fingerprint density at radius 3 is 2.32 bits per heavy atom. The van der Waals surface area contributed by atoms with Gasteiger partial charge in [0.25, 0.3) is 15.9 Å². The monoisotopic (exact) mass is 472 g/mol. The maximum atomic E-state index is 13.6. The number of carbonyl (C=O) groups is 2. The number of rotatable bonds is 5. The molecule has 0 aliphatic carbocycles. The highest BCUT2D eigenvalue weighted by Crippen LogP contribution is 2.32. The van der Waals surface area contributed by atoms with Crippen LogP contribution >= 0.6 is 0 Å². The van der Waals surface area contributed by atoms with Crippen molar-refractivity contribution in [3.05, 3.63) is 102 Å². The summed E-state index contributed by atoms with van der Waals surface area (Å²) in [5, 5.41) is 12.0. The van der Waals surface area contributed by atoms with E-state index in [9.17, 15) is 23.1 Å². The second-order valence-corrected chi connectivity index (χ2v) is 9.75. The highest BCUT2D eigenvalue weighted by atomic mass is 32.2. The minimum absolute atomic E-state index is 0.00542. The van der Waals surface area contributed by atoms with Crippen LogP contribution in [0.2, 0.25) is 0 Å². The van der Waals surface area contributed by atoms with Crippen molar-refractivity contribution in [3.8, 4) is 5.75 Å². The van der Waals surface area contributed by atoms with Crippen LogP contribution in [-0.4, -0.2) is 36.2 Å². The average molecular weight is 473 g/mol. The number of carbonyl (C=O) groups excluding carboxylic acids is 2. The van der Waals surface area contributed by atoms with Gasteiger partial charge >= 0.3 is 0 Å². The van der Waals surface area contributed by atoms with E-state index in [-0.39, 0.29) is 22.8 Å². The number of fused-ring (bicyclic) bond motifs is 2. The Labute approximate surface area is 196 Å². The zero-order valence-electron chi connectivity index (χ0n) is 18.0. The molecular formula is C26H20N2O5S. The summed E-state index contributed by atoms with van der Waals surface area (Å²) in [7, 11) is -4.14. The zero-order chi connectivity index (χ0) is 23.9. The topological polar surface area (TPSA) is 95.0 Å². The molecule has 1 N–H and O–H groups in total. The van der Waals surface area contributed by atoms with Crippen LogP contribution in [0.5, 0.6) is 5.75 Å². The Kier molecular flexibility index (Phi) is 5.30. The molecule has 34 heavy (non-hydrogen) atoms. The smallest absolute Gasteiger partial charge is 0.269 e. The minimum atomic E-state index is -4.14. The van der Waals surface area contributed by atoms with Gasteiger partial charge in [0.1, 0.15) is 17.2 Å². The molecule has 5 rings (SSSR count). The van der Waals surface area contributed by atoms with E-state index in [2.05, 4.69) is 0 Å². The summed E-state index contributed by atoms with van der Waals surface area (Å²) in [4.78, 5) is 27.8. The highest BCUT2D eigenvalue weighted by molar-refractivity contribution is 7.90. The van der Waals surface area contributed by atoms with Crippen molar-refractivity contribution in [3.63, 3.8) is 0 Å². The second kappa shape index (κ2) is 8.31. The quantitative estimate of drug-likeness (QED) is 0.475. The van der Waals surface area contributed by atoms with Crippen molar-refractivity contribution < 1.29 is 23.1 Å². The number of hydrogen-bond donors (Lipinski definition) is 1. The first-order chi connectivity index (χ1) is 16.4. The molecule has 1 aliphatic heterocycles. The number of benzene rings is 4. The maximum Gasteiger partial charge on any atom is 0.269 e. The zero-order valence-corrected chi connectivity index (χ0v) is 18.8. The van der Waals surface area contributed by atoms with Gasteiger partial charge in [0, 0.05) is 10.9 Å².